The normalized spacial score (nSPS) is 14.5. The van der Waals surface area contributed by atoms with E-state index in [1.54, 1.807) is 23.2 Å². The van der Waals surface area contributed by atoms with Gasteiger partial charge in [-0.25, -0.2) is 4.98 Å². The van der Waals surface area contributed by atoms with Crippen molar-refractivity contribution in [3.8, 4) is 0 Å². The van der Waals surface area contributed by atoms with Crippen molar-refractivity contribution in [2.75, 3.05) is 4.90 Å². The van der Waals surface area contributed by atoms with Crippen LogP contribution in [0.3, 0.4) is 0 Å². The molecule has 1 aliphatic carbocycles. The summed E-state index contributed by atoms with van der Waals surface area (Å²) < 4.78 is 5.88. The van der Waals surface area contributed by atoms with Crippen LogP contribution in [0.5, 0.6) is 0 Å². The minimum absolute atomic E-state index is 0.137. The standard InChI is InChI=1S/C13H11BrN2O2/c14-11-7-6-10(18-11)13(17)16(9-4-5-9)12-3-1-2-8-15-12/h1-3,6-9H,4-5H2. The molecule has 18 heavy (non-hydrogen) atoms. The minimum atomic E-state index is -0.137. The van der Waals surface area contributed by atoms with Crippen LogP contribution in [0.25, 0.3) is 0 Å². The molecule has 2 heterocycles. The third kappa shape index (κ3) is 2.18. The Kier molecular flexibility index (Phi) is 2.91. The molecular formula is C13H11BrN2O2. The monoisotopic (exact) mass is 306 g/mol. The van der Waals surface area contributed by atoms with Gasteiger partial charge in [0.25, 0.3) is 5.91 Å². The average Bonchev–Trinajstić information content (AvgIpc) is 3.12. The fourth-order valence-electron chi connectivity index (χ4n) is 1.83. The van der Waals surface area contributed by atoms with Crippen molar-refractivity contribution < 1.29 is 9.21 Å². The van der Waals surface area contributed by atoms with Crippen LogP contribution in [0.4, 0.5) is 5.82 Å². The summed E-state index contributed by atoms with van der Waals surface area (Å²) in [6, 6.07) is 9.19. The summed E-state index contributed by atoms with van der Waals surface area (Å²) in [6.07, 6.45) is 3.73. The van der Waals surface area contributed by atoms with E-state index in [4.69, 9.17) is 4.42 Å². The third-order valence-corrected chi connectivity index (χ3v) is 3.24. The van der Waals surface area contributed by atoms with Gasteiger partial charge in [0, 0.05) is 12.2 Å². The van der Waals surface area contributed by atoms with Crippen molar-refractivity contribution in [3.05, 3.63) is 47.0 Å². The fraction of sp³-hybridized carbons (Fsp3) is 0.231. The van der Waals surface area contributed by atoms with Crippen LogP contribution in [0.1, 0.15) is 23.4 Å². The Morgan fingerprint density at radius 1 is 1.33 bits per heavy atom. The average molecular weight is 307 g/mol. The van der Waals surface area contributed by atoms with Crippen LogP contribution < -0.4 is 4.90 Å². The zero-order valence-electron chi connectivity index (χ0n) is 9.54. The first-order chi connectivity index (χ1) is 8.75. The summed E-state index contributed by atoms with van der Waals surface area (Å²) in [5.41, 5.74) is 0. The van der Waals surface area contributed by atoms with E-state index in [0.717, 1.165) is 12.8 Å². The SMILES string of the molecule is O=C(c1ccc(Br)o1)N(c1ccccn1)C1CC1. The molecule has 1 saturated carbocycles. The molecule has 0 bridgehead atoms. The molecule has 0 spiro atoms. The molecule has 92 valence electrons. The summed E-state index contributed by atoms with van der Waals surface area (Å²) in [5.74, 6) is 0.874. The Bertz CT molecular complexity index is 563. The third-order valence-electron chi connectivity index (χ3n) is 2.81. The number of pyridine rings is 1. The summed E-state index contributed by atoms with van der Waals surface area (Å²) in [4.78, 5) is 18.4. The Morgan fingerprint density at radius 3 is 2.72 bits per heavy atom. The molecule has 0 saturated heterocycles. The van der Waals surface area contributed by atoms with Crippen LogP contribution in [-0.4, -0.2) is 16.9 Å². The Balaban J connectivity index is 1.93. The number of carbonyl (C=O) groups excluding carboxylic acids is 1. The van der Waals surface area contributed by atoms with Gasteiger partial charge in [-0.3, -0.25) is 9.69 Å². The van der Waals surface area contributed by atoms with E-state index in [-0.39, 0.29) is 11.9 Å². The van der Waals surface area contributed by atoms with Gasteiger partial charge < -0.3 is 4.42 Å². The van der Waals surface area contributed by atoms with Crippen molar-refractivity contribution in [2.24, 2.45) is 0 Å². The molecule has 1 fully saturated rings. The molecule has 0 aromatic carbocycles. The minimum Gasteiger partial charge on any atom is -0.444 e. The van der Waals surface area contributed by atoms with Crippen LogP contribution >= 0.6 is 15.9 Å². The molecule has 1 amide bonds. The number of carbonyl (C=O) groups is 1. The van der Waals surface area contributed by atoms with Crippen LogP contribution in [0.2, 0.25) is 0 Å². The topological polar surface area (TPSA) is 46.3 Å². The molecule has 2 aromatic heterocycles. The van der Waals surface area contributed by atoms with Gasteiger partial charge in [-0.05, 0) is 53.0 Å². The van der Waals surface area contributed by atoms with E-state index < -0.39 is 0 Å². The number of nitrogens with zero attached hydrogens (tertiary/aromatic N) is 2. The first-order valence-corrected chi connectivity index (χ1v) is 6.55. The lowest BCUT2D eigenvalue weighted by Crippen LogP contribution is -2.33. The maximum Gasteiger partial charge on any atom is 0.295 e. The second-order valence-electron chi connectivity index (χ2n) is 4.20. The van der Waals surface area contributed by atoms with Gasteiger partial charge in [0.1, 0.15) is 5.82 Å². The Hall–Kier alpha value is -1.62. The molecule has 2 aromatic rings. The van der Waals surface area contributed by atoms with Gasteiger partial charge in [-0.1, -0.05) is 6.07 Å². The highest BCUT2D eigenvalue weighted by Gasteiger charge is 2.36. The summed E-state index contributed by atoms with van der Waals surface area (Å²) >= 11 is 3.21. The molecule has 0 aliphatic heterocycles. The summed E-state index contributed by atoms with van der Waals surface area (Å²) in [6.45, 7) is 0. The number of furan rings is 1. The van der Waals surface area contributed by atoms with Crippen molar-refractivity contribution in [2.45, 2.75) is 18.9 Å². The summed E-state index contributed by atoms with van der Waals surface area (Å²) in [5, 5.41) is 0. The molecule has 0 unspecified atom stereocenters. The fourth-order valence-corrected chi connectivity index (χ4v) is 2.14. The maximum atomic E-state index is 12.4. The van der Waals surface area contributed by atoms with E-state index in [0.29, 0.717) is 16.2 Å². The van der Waals surface area contributed by atoms with Gasteiger partial charge in [0.15, 0.2) is 10.4 Å². The van der Waals surface area contributed by atoms with E-state index in [1.807, 2.05) is 18.2 Å². The number of hydrogen-bond donors (Lipinski definition) is 0. The molecule has 1 aliphatic rings. The first kappa shape index (κ1) is 11.5. The number of anilines is 1. The van der Waals surface area contributed by atoms with Crippen molar-refractivity contribution in [1.82, 2.24) is 4.98 Å². The largest absolute Gasteiger partial charge is 0.444 e. The number of rotatable bonds is 3. The van der Waals surface area contributed by atoms with Crippen LogP contribution in [-0.2, 0) is 0 Å². The van der Waals surface area contributed by atoms with E-state index >= 15 is 0 Å². The van der Waals surface area contributed by atoms with E-state index in [2.05, 4.69) is 20.9 Å². The zero-order valence-corrected chi connectivity index (χ0v) is 11.1. The second-order valence-corrected chi connectivity index (χ2v) is 4.98. The maximum absolute atomic E-state index is 12.4. The summed E-state index contributed by atoms with van der Waals surface area (Å²) in [7, 11) is 0. The molecule has 0 atom stereocenters. The first-order valence-electron chi connectivity index (χ1n) is 5.75. The predicted molar refractivity (Wildman–Crippen MR) is 70.5 cm³/mol. The second kappa shape index (κ2) is 4.57. The number of amides is 1. The highest BCUT2D eigenvalue weighted by Crippen LogP contribution is 2.32. The Morgan fingerprint density at radius 2 is 2.17 bits per heavy atom. The van der Waals surface area contributed by atoms with Crippen molar-refractivity contribution >= 4 is 27.7 Å². The lowest BCUT2D eigenvalue weighted by atomic mass is 10.3. The van der Waals surface area contributed by atoms with E-state index in [9.17, 15) is 4.79 Å². The van der Waals surface area contributed by atoms with Gasteiger partial charge in [0.05, 0.1) is 0 Å². The molecule has 4 nitrogen and oxygen atoms in total. The number of halogens is 1. The number of hydrogen-bond acceptors (Lipinski definition) is 3. The Labute approximate surface area is 113 Å². The smallest absolute Gasteiger partial charge is 0.295 e. The van der Waals surface area contributed by atoms with Crippen molar-refractivity contribution in [1.29, 1.82) is 0 Å². The highest BCUT2D eigenvalue weighted by atomic mass is 79.9. The molecule has 5 heteroatoms. The van der Waals surface area contributed by atoms with E-state index in [1.165, 1.54) is 0 Å². The molecule has 0 N–H and O–H groups in total. The molecular weight excluding hydrogens is 296 g/mol. The van der Waals surface area contributed by atoms with Crippen LogP contribution in [0, 0.1) is 0 Å². The van der Waals surface area contributed by atoms with Gasteiger partial charge in [-0.2, -0.15) is 0 Å². The van der Waals surface area contributed by atoms with Gasteiger partial charge in [0.2, 0.25) is 0 Å². The lowest BCUT2D eigenvalue weighted by molar-refractivity contribution is 0.0956. The zero-order chi connectivity index (χ0) is 12.5. The van der Waals surface area contributed by atoms with Crippen LogP contribution in [0.15, 0.2) is 45.6 Å². The van der Waals surface area contributed by atoms with Crippen molar-refractivity contribution in [3.63, 3.8) is 0 Å². The highest BCUT2D eigenvalue weighted by molar-refractivity contribution is 9.10. The van der Waals surface area contributed by atoms with Gasteiger partial charge in [-0.15, -0.1) is 0 Å². The quantitative estimate of drug-likeness (QED) is 0.874. The lowest BCUT2D eigenvalue weighted by Gasteiger charge is -2.19. The predicted octanol–water partition coefficient (Wildman–Crippen LogP) is 3.25. The molecule has 3 rings (SSSR count). The molecule has 0 radical (unpaired) electrons. The number of aromatic nitrogens is 1. The van der Waals surface area contributed by atoms with Gasteiger partial charge >= 0.3 is 0 Å².